The lowest BCUT2D eigenvalue weighted by atomic mass is 9.51. The summed E-state index contributed by atoms with van der Waals surface area (Å²) in [6, 6.07) is 14.6. The fraction of sp³-hybridized carbons (Fsp3) is 0.618. The topological polar surface area (TPSA) is 59.0 Å². The molecule has 0 bridgehead atoms. The summed E-state index contributed by atoms with van der Waals surface area (Å²) in [6.07, 6.45) is 6.40. The summed E-state index contributed by atoms with van der Waals surface area (Å²) in [5.74, 6) is 2.09. The molecule has 6 rings (SSSR count). The minimum Gasteiger partial charge on any atom is -0.492 e. The van der Waals surface area contributed by atoms with Crippen LogP contribution in [0, 0.1) is 17.3 Å². The van der Waals surface area contributed by atoms with E-state index in [0.29, 0.717) is 36.5 Å². The van der Waals surface area contributed by atoms with Crippen molar-refractivity contribution in [2.24, 2.45) is 17.3 Å². The predicted molar refractivity (Wildman–Crippen MR) is 154 cm³/mol. The highest BCUT2D eigenvalue weighted by molar-refractivity contribution is 5.76. The maximum absolute atomic E-state index is 15.5. The Morgan fingerprint density at radius 2 is 1.82 bits per heavy atom. The van der Waals surface area contributed by atoms with Crippen molar-refractivity contribution in [3.05, 3.63) is 59.2 Å². The second kappa shape index (κ2) is 11.4. The number of aliphatic hydroxyl groups excluding tert-OH is 1. The van der Waals surface area contributed by atoms with Crippen LogP contribution in [-0.2, 0) is 11.2 Å². The van der Waals surface area contributed by atoms with Crippen LogP contribution in [0.3, 0.4) is 0 Å². The minimum absolute atomic E-state index is 0.218. The molecule has 1 unspecified atom stereocenters. The third-order valence-corrected chi connectivity index (χ3v) is 10.6. The maximum Gasteiger partial charge on any atom is 0.340 e. The highest BCUT2D eigenvalue weighted by atomic mass is 19.1. The number of hydrogen-bond donors (Lipinski definition) is 1. The van der Waals surface area contributed by atoms with Crippen molar-refractivity contribution < 1.29 is 23.8 Å². The Balaban J connectivity index is 1.24. The van der Waals surface area contributed by atoms with E-state index in [4.69, 9.17) is 9.47 Å². The number of rotatable bonds is 7. The molecule has 1 N–H and O–H groups in total. The monoisotopic (exact) mass is 549 g/mol. The zero-order valence-electron chi connectivity index (χ0n) is 24.0. The quantitative estimate of drug-likeness (QED) is 0.319. The van der Waals surface area contributed by atoms with E-state index in [1.54, 1.807) is 0 Å². The molecular formula is C34H44FNO4. The first-order valence-corrected chi connectivity index (χ1v) is 15.5. The highest BCUT2D eigenvalue weighted by Crippen LogP contribution is 2.65. The molecule has 3 fully saturated rings. The second-order valence-corrected chi connectivity index (χ2v) is 13.0. The van der Waals surface area contributed by atoms with Crippen molar-refractivity contribution in [2.45, 2.75) is 89.3 Å². The summed E-state index contributed by atoms with van der Waals surface area (Å²) >= 11 is 0. The molecule has 1 heterocycles. The molecule has 3 aliphatic carbocycles. The predicted octanol–water partition coefficient (Wildman–Crippen LogP) is 6.43. The summed E-state index contributed by atoms with van der Waals surface area (Å²) in [7, 11) is 0. The number of esters is 1. The Morgan fingerprint density at radius 1 is 1.07 bits per heavy atom. The summed E-state index contributed by atoms with van der Waals surface area (Å²) in [5.41, 5.74) is 3.48. The first-order valence-electron chi connectivity index (χ1n) is 15.5. The van der Waals surface area contributed by atoms with E-state index >= 15 is 4.39 Å². The lowest BCUT2D eigenvalue weighted by Crippen LogP contribution is -2.46. The largest absolute Gasteiger partial charge is 0.492 e. The molecule has 0 spiro atoms. The molecule has 6 heteroatoms. The van der Waals surface area contributed by atoms with Gasteiger partial charge in [0.1, 0.15) is 30.4 Å². The standard InChI is InChI=1S/C34H44FNO4/c1-22(37)33(38)40-26-11-13-27-24(20-26)8-12-28-30-14-15-31(35)34(30,2)21-29(32(27)28)23-6-9-25(10-7-23)39-19-18-36-16-4-3-5-17-36/h6-7,9-11,13,20,22,28-32,37H,3-5,8,12,14-19,21H2,1-2H3/t22?,28-,29+,30-,31+,32+,34-/m0/s1. The van der Waals surface area contributed by atoms with E-state index in [2.05, 4.69) is 42.2 Å². The van der Waals surface area contributed by atoms with Crippen molar-refractivity contribution >= 4 is 5.97 Å². The molecule has 2 aromatic rings. The first kappa shape index (κ1) is 27.7. The molecule has 0 radical (unpaired) electrons. The van der Waals surface area contributed by atoms with Gasteiger partial charge in [0.15, 0.2) is 0 Å². The maximum atomic E-state index is 15.5. The van der Waals surface area contributed by atoms with Crippen LogP contribution >= 0.6 is 0 Å². The number of fused-ring (bicyclic) bond motifs is 5. The van der Waals surface area contributed by atoms with Gasteiger partial charge in [-0.25, -0.2) is 9.18 Å². The SMILES string of the molecule is CC(O)C(=O)Oc1ccc2c(c1)CC[C@@H]1[C@@H]2[C@@H](c2ccc(OCCN3CCCCC3)cc2)C[C@]2(C)[C@H](F)CC[C@@H]12. The number of alkyl halides is 1. The third-order valence-electron chi connectivity index (χ3n) is 10.6. The van der Waals surface area contributed by atoms with Crippen LogP contribution in [0.5, 0.6) is 11.5 Å². The Bertz CT molecular complexity index is 1190. The van der Waals surface area contributed by atoms with Gasteiger partial charge in [-0.05, 0) is 130 Å². The van der Waals surface area contributed by atoms with E-state index in [1.165, 1.54) is 56.0 Å². The number of hydrogen-bond acceptors (Lipinski definition) is 5. The molecule has 7 atom stereocenters. The Kier molecular flexibility index (Phi) is 7.93. The Morgan fingerprint density at radius 3 is 2.58 bits per heavy atom. The van der Waals surface area contributed by atoms with Gasteiger partial charge in [0.05, 0.1) is 0 Å². The highest BCUT2D eigenvalue weighted by Gasteiger charge is 2.58. The lowest BCUT2D eigenvalue weighted by Gasteiger charge is -2.53. The van der Waals surface area contributed by atoms with Crippen molar-refractivity contribution in [1.29, 1.82) is 0 Å². The van der Waals surface area contributed by atoms with Gasteiger partial charge in [0, 0.05) is 12.0 Å². The summed E-state index contributed by atoms with van der Waals surface area (Å²) in [6.45, 7) is 7.63. The van der Waals surface area contributed by atoms with Crippen LogP contribution in [0.4, 0.5) is 4.39 Å². The fourth-order valence-corrected chi connectivity index (χ4v) is 8.50. The van der Waals surface area contributed by atoms with Crippen molar-refractivity contribution in [1.82, 2.24) is 4.90 Å². The van der Waals surface area contributed by atoms with Crippen LogP contribution < -0.4 is 9.47 Å². The molecule has 2 saturated carbocycles. The zero-order chi connectivity index (χ0) is 27.9. The molecule has 5 nitrogen and oxygen atoms in total. The van der Waals surface area contributed by atoms with Crippen LogP contribution in [0.15, 0.2) is 42.5 Å². The minimum atomic E-state index is -1.16. The van der Waals surface area contributed by atoms with Crippen LogP contribution in [-0.4, -0.2) is 54.5 Å². The number of carbonyl (C=O) groups is 1. The number of piperidine rings is 1. The smallest absolute Gasteiger partial charge is 0.340 e. The molecule has 1 aliphatic heterocycles. The van der Waals surface area contributed by atoms with E-state index < -0.39 is 18.2 Å². The fourth-order valence-electron chi connectivity index (χ4n) is 8.50. The molecule has 4 aliphatic rings. The van der Waals surface area contributed by atoms with E-state index in [0.717, 1.165) is 38.0 Å². The zero-order valence-corrected chi connectivity index (χ0v) is 24.0. The van der Waals surface area contributed by atoms with Gasteiger partial charge in [-0.3, -0.25) is 4.90 Å². The number of nitrogens with zero attached hydrogens (tertiary/aromatic N) is 1. The van der Waals surface area contributed by atoms with Gasteiger partial charge in [-0.15, -0.1) is 0 Å². The number of aliphatic hydroxyl groups is 1. The van der Waals surface area contributed by atoms with Crippen LogP contribution in [0.25, 0.3) is 0 Å². The van der Waals surface area contributed by atoms with Gasteiger partial charge in [0.25, 0.3) is 0 Å². The van der Waals surface area contributed by atoms with Crippen molar-refractivity contribution in [3.63, 3.8) is 0 Å². The van der Waals surface area contributed by atoms with Gasteiger partial charge >= 0.3 is 5.97 Å². The molecule has 2 aromatic carbocycles. The van der Waals surface area contributed by atoms with Crippen molar-refractivity contribution in [3.8, 4) is 11.5 Å². The molecular weight excluding hydrogens is 505 g/mol. The average Bonchev–Trinajstić information content (AvgIpc) is 3.27. The van der Waals surface area contributed by atoms with E-state index in [-0.39, 0.29) is 11.3 Å². The summed E-state index contributed by atoms with van der Waals surface area (Å²) in [4.78, 5) is 14.5. The van der Waals surface area contributed by atoms with E-state index in [9.17, 15) is 9.90 Å². The summed E-state index contributed by atoms with van der Waals surface area (Å²) < 4.78 is 27.0. The molecule has 0 aromatic heterocycles. The molecule has 0 amide bonds. The third kappa shape index (κ3) is 5.30. The second-order valence-electron chi connectivity index (χ2n) is 13.0. The molecule has 40 heavy (non-hydrogen) atoms. The number of ether oxygens (including phenoxy) is 2. The first-order chi connectivity index (χ1) is 19.3. The molecule has 216 valence electrons. The van der Waals surface area contributed by atoms with E-state index in [1.807, 2.05) is 12.1 Å². The Labute approximate surface area is 238 Å². The number of likely N-dealkylation sites (tertiary alicyclic amines) is 1. The van der Waals surface area contributed by atoms with Gasteiger partial charge in [-0.2, -0.15) is 0 Å². The van der Waals surface area contributed by atoms with Crippen LogP contribution in [0.2, 0.25) is 0 Å². The van der Waals surface area contributed by atoms with Crippen LogP contribution in [0.1, 0.15) is 87.3 Å². The normalized spacial score (nSPS) is 32.5. The number of benzene rings is 2. The number of aryl methyl sites for hydroxylation is 1. The van der Waals surface area contributed by atoms with Gasteiger partial charge in [-0.1, -0.05) is 31.5 Å². The average molecular weight is 550 g/mol. The Hall–Kier alpha value is -2.44. The van der Waals surface area contributed by atoms with Crippen molar-refractivity contribution in [2.75, 3.05) is 26.2 Å². The van der Waals surface area contributed by atoms with Gasteiger partial charge in [0.2, 0.25) is 0 Å². The summed E-state index contributed by atoms with van der Waals surface area (Å²) in [5, 5.41) is 9.58. The number of carbonyl (C=O) groups excluding carboxylic acids is 1. The lowest BCUT2D eigenvalue weighted by molar-refractivity contribution is -0.142. The molecule has 1 saturated heterocycles. The number of halogens is 1. The van der Waals surface area contributed by atoms with Gasteiger partial charge < -0.3 is 14.6 Å².